The molecule has 1 unspecified atom stereocenters. The smallest absolute Gasteiger partial charge is 0.267 e. The van der Waals surface area contributed by atoms with Crippen LogP contribution in [0.3, 0.4) is 0 Å². The number of H-pyrrole nitrogens is 1. The van der Waals surface area contributed by atoms with Gasteiger partial charge in [0, 0.05) is 6.42 Å². The van der Waals surface area contributed by atoms with E-state index in [4.69, 9.17) is 21.4 Å². The summed E-state index contributed by atoms with van der Waals surface area (Å²) < 4.78 is 1.60. The molecule has 0 aliphatic carbocycles. The van der Waals surface area contributed by atoms with Crippen LogP contribution in [0.15, 0.2) is 66.0 Å². The van der Waals surface area contributed by atoms with Crippen molar-refractivity contribution in [3.05, 3.63) is 82.4 Å². The molecule has 9 nitrogen and oxygen atoms in total. The minimum absolute atomic E-state index is 0.235. The van der Waals surface area contributed by atoms with Crippen LogP contribution < -0.4 is 10.6 Å². The van der Waals surface area contributed by atoms with Crippen molar-refractivity contribution in [2.75, 3.05) is 11.7 Å². The molecule has 3 aromatic heterocycles. The van der Waals surface area contributed by atoms with Crippen LogP contribution in [0.25, 0.3) is 27.8 Å². The van der Waals surface area contributed by atoms with Gasteiger partial charge in [0.05, 0.1) is 34.5 Å². The molecule has 10 heteroatoms. The Morgan fingerprint density at radius 2 is 1.94 bits per heavy atom. The number of aromatic nitrogens is 6. The van der Waals surface area contributed by atoms with E-state index in [1.807, 2.05) is 30.3 Å². The number of benzene rings is 2. The molecular weight excluding hydrogens is 430 g/mol. The van der Waals surface area contributed by atoms with Gasteiger partial charge in [-0.15, -0.1) is 0 Å². The van der Waals surface area contributed by atoms with Crippen LogP contribution in [0.5, 0.6) is 0 Å². The van der Waals surface area contributed by atoms with Crippen LogP contribution in [0.2, 0.25) is 5.02 Å². The van der Waals surface area contributed by atoms with Gasteiger partial charge in [0.1, 0.15) is 18.2 Å². The van der Waals surface area contributed by atoms with Crippen LogP contribution in [0.4, 0.5) is 5.82 Å². The fourth-order valence-electron chi connectivity index (χ4n) is 4.08. The first-order valence-corrected chi connectivity index (χ1v) is 10.4. The van der Waals surface area contributed by atoms with E-state index in [2.05, 4.69) is 19.9 Å². The number of halogens is 1. The normalized spacial score (nSPS) is 16.3. The molecule has 5 aromatic rings. The zero-order valence-corrected chi connectivity index (χ0v) is 17.4. The van der Waals surface area contributed by atoms with Gasteiger partial charge in [-0.2, -0.15) is 0 Å². The Labute approximate surface area is 186 Å². The zero-order valence-electron chi connectivity index (χ0n) is 16.6. The van der Waals surface area contributed by atoms with E-state index in [9.17, 15) is 4.79 Å². The number of hydrogen-bond acceptors (Lipinski definition) is 7. The van der Waals surface area contributed by atoms with Crippen molar-refractivity contribution in [2.24, 2.45) is 0 Å². The van der Waals surface area contributed by atoms with Crippen molar-refractivity contribution in [1.82, 2.24) is 29.5 Å². The standard InChI is InChI=1S/C22H16ClN7O2/c23-14-7-4-8-15-17(14)22(31)29(13-5-2-1-3-6-13)20(28-15)16-9-10-32-30(16)21-18-19(25-11-24-18)26-12-27-21/h1-8,11-12,16H,9-10H2,(H,24,25,26,27). The molecule has 1 atom stereocenters. The lowest BCUT2D eigenvalue weighted by Crippen LogP contribution is -2.31. The Balaban J connectivity index is 1.61. The maximum absolute atomic E-state index is 13.7. The van der Waals surface area contributed by atoms with E-state index >= 15 is 0 Å². The molecule has 1 aliphatic heterocycles. The lowest BCUT2D eigenvalue weighted by Gasteiger charge is -2.25. The number of hydroxylamine groups is 1. The van der Waals surface area contributed by atoms with Crippen molar-refractivity contribution >= 4 is 39.5 Å². The highest BCUT2D eigenvalue weighted by Crippen LogP contribution is 2.36. The summed E-state index contributed by atoms with van der Waals surface area (Å²) >= 11 is 6.39. The fraction of sp³-hybridized carbons (Fsp3) is 0.136. The highest BCUT2D eigenvalue weighted by Gasteiger charge is 2.35. The van der Waals surface area contributed by atoms with Gasteiger partial charge in [-0.3, -0.25) is 14.2 Å². The molecule has 0 amide bonds. The fourth-order valence-corrected chi connectivity index (χ4v) is 4.33. The van der Waals surface area contributed by atoms with Gasteiger partial charge in [0.2, 0.25) is 0 Å². The molecule has 158 valence electrons. The number of hydrogen-bond donors (Lipinski definition) is 1. The molecule has 0 radical (unpaired) electrons. The summed E-state index contributed by atoms with van der Waals surface area (Å²) in [6.07, 6.45) is 3.62. The second-order valence-electron chi connectivity index (χ2n) is 7.34. The molecule has 0 bridgehead atoms. The van der Waals surface area contributed by atoms with E-state index in [1.54, 1.807) is 34.2 Å². The van der Waals surface area contributed by atoms with Crippen LogP contribution in [0, 0.1) is 0 Å². The van der Waals surface area contributed by atoms with Gasteiger partial charge < -0.3 is 4.98 Å². The van der Waals surface area contributed by atoms with Crippen LogP contribution >= 0.6 is 11.6 Å². The van der Waals surface area contributed by atoms with Crippen molar-refractivity contribution in [3.63, 3.8) is 0 Å². The van der Waals surface area contributed by atoms with Gasteiger partial charge in [0.15, 0.2) is 17.0 Å². The quantitative estimate of drug-likeness (QED) is 0.452. The topological polar surface area (TPSA) is 102 Å². The zero-order chi connectivity index (χ0) is 21.7. The van der Waals surface area contributed by atoms with Crippen molar-refractivity contribution in [3.8, 4) is 5.69 Å². The molecule has 1 N–H and O–H groups in total. The van der Waals surface area contributed by atoms with Gasteiger partial charge in [-0.1, -0.05) is 35.9 Å². The predicted molar refractivity (Wildman–Crippen MR) is 120 cm³/mol. The van der Waals surface area contributed by atoms with E-state index < -0.39 is 0 Å². The van der Waals surface area contributed by atoms with E-state index in [0.717, 1.165) is 0 Å². The average Bonchev–Trinajstić information content (AvgIpc) is 3.49. The number of fused-ring (bicyclic) bond motifs is 2. The first kappa shape index (κ1) is 18.9. The molecule has 32 heavy (non-hydrogen) atoms. The highest BCUT2D eigenvalue weighted by molar-refractivity contribution is 6.35. The van der Waals surface area contributed by atoms with Crippen molar-refractivity contribution in [1.29, 1.82) is 0 Å². The monoisotopic (exact) mass is 445 g/mol. The number of nitrogens with zero attached hydrogens (tertiary/aromatic N) is 6. The van der Waals surface area contributed by atoms with E-state index in [1.165, 1.54) is 6.33 Å². The third-order valence-electron chi connectivity index (χ3n) is 5.50. The summed E-state index contributed by atoms with van der Waals surface area (Å²) in [5.74, 6) is 1.05. The lowest BCUT2D eigenvalue weighted by molar-refractivity contribution is 0.156. The maximum Gasteiger partial charge on any atom is 0.267 e. The summed E-state index contributed by atoms with van der Waals surface area (Å²) in [6, 6.07) is 14.3. The van der Waals surface area contributed by atoms with Gasteiger partial charge in [-0.05, 0) is 24.3 Å². The summed E-state index contributed by atoms with van der Waals surface area (Å²) in [6.45, 7) is 0.443. The van der Waals surface area contributed by atoms with Crippen molar-refractivity contribution in [2.45, 2.75) is 12.5 Å². The second-order valence-corrected chi connectivity index (χ2v) is 7.75. The molecule has 1 saturated heterocycles. The number of anilines is 1. The number of para-hydroxylation sites is 1. The molecular formula is C22H16ClN7O2. The molecule has 1 fully saturated rings. The largest absolute Gasteiger partial charge is 0.329 e. The SMILES string of the molecule is O=c1c2c(Cl)cccc2nc(C2CCON2c2ncnc3[nH]cnc23)n1-c1ccccc1. The Kier molecular flexibility index (Phi) is 4.37. The first-order valence-electron chi connectivity index (χ1n) is 10.0. The second kappa shape index (κ2) is 7.40. The van der Waals surface area contributed by atoms with E-state index in [0.29, 0.717) is 57.4 Å². The summed E-state index contributed by atoms with van der Waals surface area (Å²) in [5.41, 5.74) is 2.17. The number of aromatic amines is 1. The van der Waals surface area contributed by atoms with Gasteiger partial charge >= 0.3 is 0 Å². The molecule has 2 aromatic carbocycles. The Hall–Kier alpha value is -3.82. The molecule has 0 spiro atoms. The Morgan fingerprint density at radius 1 is 1.06 bits per heavy atom. The van der Waals surface area contributed by atoms with Gasteiger partial charge in [0.25, 0.3) is 5.56 Å². The molecule has 1 aliphatic rings. The van der Waals surface area contributed by atoms with Crippen LogP contribution in [-0.2, 0) is 4.84 Å². The van der Waals surface area contributed by atoms with Crippen molar-refractivity contribution < 1.29 is 4.84 Å². The summed E-state index contributed by atoms with van der Waals surface area (Å²) in [4.78, 5) is 40.5. The minimum atomic E-state index is -0.374. The maximum atomic E-state index is 13.7. The van der Waals surface area contributed by atoms with Gasteiger partial charge in [-0.25, -0.2) is 25.0 Å². The Bertz CT molecular complexity index is 1520. The predicted octanol–water partition coefficient (Wildman–Crippen LogP) is 3.59. The third kappa shape index (κ3) is 2.86. The number of nitrogens with one attached hydrogen (secondary N) is 1. The third-order valence-corrected chi connectivity index (χ3v) is 5.81. The minimum Gasteiger partial charge on any atom is -0.329 e. The first-order chi connectivity index (χ1) is 15.7. The van der Waals surface area contributed by atoms with Crippen LogP contribution in [0.1, 0.15) is 18.3 Å². The van der Waals surface area contributed by atoms with Crippen LogP contribution in [-0.4, -0.2) is 36.1 Å². The average molecular weight is 446 g/mol. The number of rotatable bonds is 3. The lowest BCUT2D eigenvalue weighted by atomic mass is 10.1. The molecule has 0 saturated carbocycles. The summed E-state index contributed by atoms with van der Waals surface area (Å²) in [7, 11) is 0. The summed E-state index contributed by atoms with van der Waals surface area (Å²) in [5, 5.41) is 2.41. The number of imidazole rings is 1. The highest BCUT2D eigenvalue weighted by atomic mass is 35.5. The molecule has 4 heterocycles. The van der Waals surface area contributed by atoms with E-state index in [-0.39, 0.29) is 11.6 Å². The molecule has 6 rings (SSSR count). The Morgan fingerprint density at radius 3 is 2.81 bits per heavy atom.